The van der Waals surface area contributed by atoms with Gasteiger partial charge in [-0.3, -0.25) is 4.79 Å². The van der Waals surface area contributed by atoms with E-state index in [0.29, 0.717) is 6.04 Å². The average molecular weight is 162 g/mol. The molecule has 10 heavy (non-hydrogen) atoms. The Hall–Kier alpha value is -0.240. The Labute approximate surface area is 65.9 Å². The normalized spacial score (nSPS) is 20.5. The van der Waals surface area contributed by atoms with Crippen LogP contribution in [0.2, 0.25) is 0 Å². The Morgan fingerprint density at radius 3 is 2.40 bits per heavy atom. The summed E-state index contributed by atoms with van der Waals surface area (Å²) < 4.78 is 0. The number of carbonyl (C=O) groups excluding carboxylic acids is 1. The van der Waals surface area contributed by atoms with Gasteiger partial charge in [-0.1, -0.05) is 19.3 Å². The third kappa shape index (κ3) is 2.56. The van der Waals surface area contributed by atoms with Crippen LogP contribution < -0.4 is 5.32 Å². The molecule has 0 heterocycles. The molecule has 1 aliphatic carbocycles. The van der Waals surface area contributed by atoms with Crippen molar-refractivity contribution in [1.82, 2.24) is 5.32 Å². The minimum Gasteiger partial charge on any atom is -0.340 e. The highest BCUT2D eigenvalue weighted by molar-refractivity contribution is 6.62. The topological polar surface area (TPSA) is 29.1 Å². The molecule has 0 radical (unpaired) electrons. The van der Waals surface area contributed by atoms with Crippen LogP contribution >= 0.6 is 11.6 Å². The van der Waals surface area contributed by atoms with Crippen molar-refractivity contribution in [2.24, 2.45) is 0 Å². The molecular weight excluding hydrogens is 150 g/mol. The third-order valence-corrected chi connectivity index (χ3v) is 2.03. The molecule has 1 fully saturated rings. The van der Waals surface area contributed by atoms with Crippen molar-refractivity contribution in [3.8, 4) is 0 Å². The van der Waals surface area contributed by atoms with Crippen LogP contribution in [0.1, 0.15) is 32.1 Å². The molecule has 1 aliphatic rings. The Morgan fingerprint density at radius 2 is 1.90 bits per heavy atom. The molecule has 1 rings (SSSR count). The van der Waals surface area contributed by atoms with Crippen LogP contribution in [0.15, 0.2) is 0 Å². The first-order valence-electron chi connectivity index (χ1n) is 3.75. The summed E-state index contributed by atoms with van der Waals surface area (Å²) in [5.41, 5.74) is 0. The Balaban J connectivity index is 2.19. The summed E-state index contributed by atoms with van der Waals surface area (Å²) >= 11 is 5.16. The van der Waals surface area contributed by atoms with Crippen molar-refractivity contribution < 1.29 is 4.79 Å². The maximum atomic E-state index is 10.4. The first-order valence-corrected chi connectivity index (χ1v) is 4.13. The second-order valence-corrected chi connectivity index (χ2v) is 3.10. The van der Waals surface area contributed by atoms with Gasteiger partial charge in [-0.05, 0) is 24.4 Å². The van der Waals surface area contributed by atoms with Gasteiger partial charge in [0, 0.05) is 6.04 Å². The average Bonchev–Trinajstić information content (AvgIpc) is 1.88. The Bertz CT molecular complexity index is 121. The standard InChI is InChI=1S/C7H12ClNO/c8-7(10)9-6-4-2-1-3-5-6/h6H,1-5H2,(H,9,10). The van der Waals surface area contributed by atoms with E-state index in [1.807, 2.05) is 0 Å². The van der Waals surface area contributed by atoms with Gasteiger partial charge < -0.3 is 5.32 Å². The van der Waals surface area contributed by atoms with Crippen molar-refractivity contribution in [1.29, 1.82) is 0 Å². The molecule has 0 bridgehead atoms. The summed E-state index contributed by atoms with van der Waals surface area (Å²) in [6.45, 7) is 0. The summed E-state index contributed by atoms with van der Waals surface area (Å²) in [7, 11) is 0. The summed E-state index contributed by atoms with van der Waals surface area (Å²) in [4.78, 5) is 10.4. The Morgan fingerprint density at radius 1 is 1.30 bits per heavy atom. The van der Waals surface area contributed by atoms with Gasteiger partial charge in [0.25, 0.3) is 0 Å². The van der Waals surface area contributed by atoms with Gasteiger partial charge in [-0.15, -0.1) is 0 Å². The van der Waals surface area contributed by atoms with Gasteiger partial charge in [0.15, 0.2) is 0 Å². The molecule has 0 atom stereocenters. The molecule has 0 aromatic heterocycles. The van der Waals surface area contributed by atoms with Crippen LogP contribution in [0, 0.1) is 0 Å². The van der Waals surface area contributed by atoms with Crippen molar-refractivity contribution in [3.63, 3.8) is 0 Å². The summed E-state index contributed by atoms with van der Waals surface area (Å²) in [5, 5.41) is 2.30. The minimum absolute atomic E-state index is 0.346. The smallest absolute Gasteiger partial charge is 0.314 e. The summed E-state index contributed by atoms with van der Waals surface area (Å²) in [5.74, 6) is 0. The van der Waals surface area contributed by atoms with E-state index in [2.05, 4.69) is 5.32 Å². The molecule has 0 unspecified atom stereocenters. The zero-order valence-corrected chi connectivity index (χ0v) is 6.66. The monoisotopic (exact) mass is 161 g/mol. The maximum Gasteiger partial charge on any atom is 0.314 e. The fourth-order valence-electron chi connectivity index (χ4n) is 1.41. The van der Waals surface area contributed by atoms with Gasteiger partial charge in [-0.2, -0.15) is 0 Å². The maximum absolute atomic E-state index is 10.4. The summed E-state index contributed by atoms with van der Waals surface area (Å²) in [6, 6.07) is 0.346. The van der Waals surface area contributed by atoms with Crippen molar-refractivity contribution >= 4 is 17.0 Å². The van der Waals surface area contributed by atoms with E-state index in [-0.39, 0.29) is 0 Å². The predicted molar refractivity (Wildman–Crippen MR) is 41.3 cm³/mol. The molecule has 58 valence electrons. The van der Waals surface area contributed by atoms with Crippen LogP contribution in [-0.4, -0.2) is 11.4 Å². The molecule has 0 aromatic carbocycles. The molecule has 3 heteroatoms. The largest absolute Gasteiger partial charge is 0.340 e. The van der Waals surface area contributed by atoms with E-state index in [9.17, 15) is 4.79 Å². The zero-order chi connectivity index (χ0) is 7.40. The van der Waals surface area contributed by atoms with Crippen LogP contribution in [-0.2, 0) is 0 Å². The van der Waals surface area contributed by atoms with Gasteiger partial charge in [0.05, 0.1) is 0 Å². The molecule has 2 nitrogen and oxygen atoms in total. The van der Waals surface area contributed by atoms with Gasteiger partial charge >= 0.3 is 5.37 Å². The van der Waals surface area contributed by atoms with E-state index < -0.39 is 5.37 Å². The van der Waals surface area contributed by atoms with E-state index in [1.165, 1.54) is 19.3 Å². The number of halogens is 1. The SMILES string of the molecule is O=C(Cl)NC1CCCCC1. The van der Waals surface area contributed by atoms with Gasteiger partial charge in [-0.25, -0.2) is 0 Å². The van der Waals surface area contributed by atoms with E-state index in [4.69, 9.17) is 11.6 Å². The lowest BCUT2D eigenvalue weighted by Gasteiger charge is -2.20. The molecule has 0 spiro atoms. The van der Waals surface area contributed by atoms with Crippen LogP contribution in [0.25, 0.3) is 0 Å². The second kappa shape index (κ2) is 3.81. The van der Waals surface area contributed by atoms with Crippen LogP contribution in [0.4, 0.5) is 4.79 Å². The van der Waals surface area contributed by atoms with E-state index in [0.717, 1.165) is 12.8 Å². The molecular formula is C7H12ClNO. The van der Waals surface area contributed by atoms with Crippen molar-refractivity contribution in [2.45, 2.75) is 38.1 Å². The van der Waals surface area contributed by atoms with Gasteiger partial charge in [0.1, 0.15) is 0 Å². The fourth-order valence-corrected chi connectivity index (χ4v) is 1.56. The number of hydrogen-bond donors (Lipinski definition) is 1. The van der Waals surface area contributed by atoms with Gasteiger partial charge in [0.2, 0.25) is 0 Å². The number of carbonyl (C=O) groups is 1. The zero-order valence-electron chi connectivity index (χ0n) is 5.90. The first-order chi connectivity index (χ1) is 4.79. The predicted octanol–water partition coefficient (Wildman–Crippen LogP) is 2.27. The number of hydrogen-bond acceptors (Lipinski definition) is 1. The first kappa shape index (κ1) is 7.86. The third-order valence-electron chi connectivity index (χ3n) is 1.92. The number of amides is 1. The quantitative estimate of drug-likeness (QED) is 0.464. The summed E-state index contributed by atoms with van der Waals surface area (Å²) in [6.07, 6.45) is 5.94. The highest BCUT2D eigenvalue weighted by Crippen LogP contribution is 2.17. The lowest BCUT2D eigenvalue weighted by atomic mass is 9.96. The van der Waals surface area contributed by atoms with Crippen LogP contribution in [0.5, 0.6) is 0 Å². The molecule has 1 amide bonds. The van der Waals surface area contributed by atoms with E-state index >= 15 is 0 Å². The lowest BCUT2D eigenvalue weighted by molar-refractivity contribution is 0.252. The number of nitrogens with one attached hydrogen (secondary N) is 1. The van der Waals surface area contributed by atoms with E-state index in [1.54, 1.807) is 0 Å². The molecule has 0 saturated heterocycles. The highest BCUT2D eigenvalue weighted by atomic mass is 35.5. The molecule has 0 aliphatic heterocycles. The van der Waals surface area contributed by atoms with Crippen molar-refractivity contribution in [3.05, 3.63) is 0 Å². The van der Waals surface area contributed by atoms with Crippen LogP contribution in [0.3, 0.4) is 0 Å². The highest BCUT2D eigenvalue weighted by Gasteiger charge is 2.13. The van der Waals surface area contributed by atoms with Crippen molar-refractivity contribution in [2.75, 3.05) is 0 Å². The molecule has 1 N–H and O–H groups in total. The lowest BCUT2D eigenvalue weighted by Crippen LogP contribution is -2.32. The fraction of sp³-hybridized carbons (Fsp3) is 0.857. The minimum atomic E-state index is -0.410. The number of rotatable bonds is 1. The second-order valence-electron chi connectivity index (χ2n) is 2.75. The molecule has 1 saturated carbocycles. The Kier molecular flexibility index (Phi) is 3.00. The molecule has 0 aromatic rings.